The average Bonchev–Trinajstić information content (AvgIpc) is 2.36. The first-order valence-corrected chi connectivity index (χ1v) is 6.44. The van der Waals surface area contributed by atoms with Crippen LogP contribution in [0.25, 0.3) is 0 Å². The van der Waals surface area contributed by atoms with Crippen LogP contribution in [0.5, 0.6) is 0 Å². The monoisotopic (exact) mass is 277 g/mol. The van der Waals surface area contributed by atoms with Crippen molar-refractivity contribution in [2.75, 3.05) is 26.2 Å². The summed E-state index contributed by atoms with van der Waals surface area (Å²) >= 11 is 0. The summed E-state index contributed by atoms with van der Waals surface area (Å²) < 4.78 is 0. The number of carbonyl (C=O) groups excluding carboxylic acids is 2. The zero-order valence-corrected chi connectivity index (χ0v) is 11.8. The first-order chi connectivity index (χ1) is 8.19. The van der Waals surface area contributed by atoms with E-state index in [0.717, 1.165) is 25.8 Å². The molecule has 0 aliphatic carbocycles. The molecule has 18 heavy (non-hydrogen) atoms. The third-order valence-corrected chi connectivity index (χ3v) is 3.05. The maximum absolute atomic E-state index is 11.8. The largest absolute Gasteiger partial charge is 0.355 e. The van der Waals surface area contributed by atoms with Crippen molar-refractivity contribution in [3.05, 3.63) is 0 Å². The van der Waals surface area contributed by atoms with Crippen molar-refractivity contribution < 1.29 is 9.59 Å². The molecular weight excluding hydrogens is 254 g/mol. The Morgan fingerprint density at radius 1 is 1.44 bits per heavy atom. The van der Waals surface area contributed by atoms with Gasteiger partial charge < -0.3 is 16.0 Å². The minimum atomic E-state index is -0.0592. The summed E-state index contributed by atoms with van der Waals surface area (Å²) in [5.41, 5.74) is 5.34. The Balaban J connectivity index is 0.00000289. The fourth-order valence-electron chi connectivity index (χ4n) is 2.13. The molecule has 0 bridgehead atoms. The molecule has 0 aromatic carbocycles. The van der Waals surface area contributed by atoms with Crippen LogP contribution in [0.1, 0.15) is 32.6 Å². The second kappa shape index (κ2) is 9.16. The molecular formula is C12H24ClN3O2. The number of halogens is 1. The number of hydrogen-bond donors (Lipinski definition) is 2. The van der Waals surface area contributed by atoms with Crippen LogP contribution in [0.2, 0.25) is 0 Å². The minimum Gasteiger partial charge on any atom is -0.355 e. The predicted octanol–water partition coefficient (Wildman–Crippen LogP) is 0.522. The average molecular weight is 278 g/mol. The Labute approximate surface area is 115 Å². The highest BCUT2D eigenvalue weighted by atomic mass is 35.5. The van der Waals surface area contributed by atoms with Gasteiger partial charge in [0.1, 0.15) is 0 Å². The fourth-order valence-corrected chi connectivity index (χ4v) is 2.13. The summed E-state index contributed by atoms with van der Waals surface area (Å²) in [6.07, 6.45) is 3.22. The third kappa shape index (κ3) is 5.23. The molecule has 1 aliphatic rings. The number of piperidine rings is 1. The van der Waals surface area contributed by atoms with E-state index in [1.165, 1.54) is 0 Å². The van der Waals surface area contributed by atoms with E-state index >= 15 is 0 Å². The fraction of sp³-hybridized carbons (Fsp3) is 0.833. The lowest BCUT2D eigenvalue weighted by Gasteiger charge is -2.32. The zero-order chi connectivity index (χ0) is 12.7. The molecule has 1 rings (SSSR count). The topological polar surface area (TPSA) is 75.4 Å². The van der Waals surface area contributed by atoms with E-state index in [1.54, 1.807) is 0 Å². The van der Waals surface area contributed by atoms with E-state index in [4.69, 9.17) is 5.73 Å². The van der Waals surface area contributed by atoms with Crippen LogP contribution >= 0.6 is 12.4 Å². The van der Waals surface area contributed by atoms with E-state index < -0.39 is 0 Å². The van der Waals surface area contributed by atoms with Gasteiger partial charge in [0, 0.05) is 32.6 Å². The van der Waals surface area contributed by atoms with Gasteiger partial charge in [-0.25, -0.2) is 0 Å². The molecule has 1 aliphatic heterocycles. The summed E-state index contributed by atoms with van der Waals surface area (Å²) in [6, 6.07) is 0. The van der Waals surface area contributed by atoms with E-state index in [0.29, 0.717) is 26.1 Å². The molecule has 0 spiro atoms. The number of carbonyl (C=O) groups is 2. The van der Waals surface area contributed by atoms with Crippen molar-refractivity contribution in [1.82, 2.24) is 10.2 Å². The van der Waals surface area contributed by atoms with E-state index in [1.807, 2.05) is 11.8 Å². The van der Waals surface area contributed by atoms with Crippen LogP contribution in [0.3, 0.4) is 0 Å². The molecule has 1 fully saturated rings. The zero-order valence-electron chi connectivity index (χ0n) is 11.0. The number of rotatable bonds is 5. The van der Waals surface area contributed by atoms with Crippen molar-refractivity contribution in [3.8, 4) is 0 Å². The van der Waals surface area contributed by atoms with Crippen LogP contribution in [0.4, 0.5) is 0 Å². The van der Waals surface area contributed by atoms with E-state index in [2.05, 4.69) is 5.32 Å². The maximum Gasteiger partial charge on any atom is 0.224 e. The van der Waals surface area contributed by atoms with Crippen LogP contribution in [0.15, 0.2) is 0 Å². The lowest BCUT2D eigenvalue weighted by molar-refractivity contribution is -0.135. The molecule has 0 aromatic rings. The molecule has 0 radical (unpaired) electrons. The van der Waals surface area contributed by atoms with Crippen molar-refractivity contribution in [2.45, 2.75) is 32.6 Å². The molecule has 1 atom stereocenters. The van der Waals surface area contributed by atoms with Gasteiger partial charge in [0.05, 0.1) is 5.92 Å². The number of nitrogens with two attached hydrogens (primary N) is 1. The number of nitrogens with one attached hydrogen (secondary N) is 1. The number of nitrogens with zero attached hydrogens (tertiary/aromatic N) is 1. The summed E-state index contributed by atoms with van der Waals surface area (Å²) in [5, 5.41) is 2.79. The number of hydrogen-bond acceptors (Lipinski definition) is 3. The van der Waals surface area contributed by atoms with Gasteiger partial charge >= 0.3 is 0 Å². The smallest absolute Gasteiger partial charge is 0.224 e. The molecule has 1 unspecified atom stereocenters. The van der Waals surface area contributed by atoms with Crippen LogP contribution in [-0.4, -0.2) is 42.9 Å². The Hall–Kier alpha value is -0.810. The van der Waals surface area contributed by atoms with Crippen LogP contribution < -0.4 is 11.1 Å². The summed E-state index contributed by atoms with van der Waals surface area (Å²) in [5.74, 6) is 0.143. The van der Waals surface area contributed by atoms with Gasteiger partial charge in [0.15, 0.2) is 0 Å². The van der Waals surface area contributed by atoms with Crippen molar-refractivity contribution >= 4 is 24.2 Å². The van der Waals surface area contributed by atoms with Gasteiger partial charge in [-0.05, 0) is 19.3 Å². The Morgan fingerprint density at radius 2 is 2.17 bits per heavy atom. The van der Waals surface area contributed by atoms with Crippen molar-refractivity contribution in [2.24, 2.45) is 11.7 Å². The third-order valence-electron chi connectivity index (χ3n) is 3.05. The molecule has 6 heteroatoms. The molecule has 2 amide bonds. The molecule has 106 valence electrons. The summed E-state index contributed by atoms with van der Waals surface area (Å²) in [6.45, 7) is 4.32. The quantitative estimate of drug-likeness (QED) is 0.769. The van der Waals surface area contributed by atoms with E-state index in [-0.39, 0.29) is 30.1 Å². The van der Waals surface area contributed by atoms with Gasteiger partial charge in [0.2, 0.25) is 11.8 Å². The normalized spacial score (nSPS) is 19.0. The molecule has 0 aromatic heterocycles. The highest BCUT2D eigenvalue weighted by molar-refractivity contribution is 5.85. The molecule has 0 saturated carbocycles. The summed E-state index contributed by atoms with van der Waals surface area (Å²) in [7, 11) is 0. The molecule has 1 saturated heterocycles. The lowest BCUT2D eigenvalue weighted by atomic mass is 9.97. The predicted molar refractivity (Wildman–Crippen MR) is 73.5 cm³/mol. The molecule has 1 heterocycles. The Kier molecular flexibility index (Phi) is 8.75. The van der Waals surface area contributed by atoms with Gasteiger partial charge in [-0.2, -0.15) is 0 Å². The first kappa shape index (κ1) is 17.2. The van der Waals surface area contributed by atoms with Gasteiger partial charge in [0.25, 0.3) is 0 Å². The van der Waals surface area contributed by atoms with Crippen molar-refractivity contribution in [1.29, 1.82) is 0 Å². The second-order valence-electron chi connectivity index (χ2n) is 4.51. The minimum absolute atomic E-state index is 0. The highest BCUT2D eigenvalue weighted by Gasteiger charge is 2.27. The van der Waals surface area contributed by atoms with Crippen LogP contribution in [-0.2, 0) is 9.59 Å². The Bertz CT molecular complexity index is 274. The highest BCUT2D eigenvalue weighted by Crippen LogP contribution is 2.17. The van der Waals surface area contributed by atoms with Crippen LogP contribution in [0, 0.1) is 5.92 Å². The first-order valence-electron chi connectivity index (χ1n) is 6.44. The molecule has 5 nitrogen and oxygen atoms in total. The van der Waals surface area contributed by atoms with E-state index in [9.17, 15) is 9.59 Å². The SMILES string of the molecule is CCCC(=O)N1CCCC(C(=O)NCCN)C1.Cl. The standard InChI is InChI=1S/C12H23N3O2.ClH/c1-2-4-11(16)15-8-3-5-10(9-15)12(17)14-7-6-13;/h10H,2-9,13H2,1H3,(H,14,17);1H. The summed E-state index contributed by atoms with van der Waals surface area (Å²) in [4.78, 5) is 25.4. The van der Waals surface area contributed by atoms with Gasteiger partial charge in [-0.3, -0.25) is 9.59 Å². The molecule has 3 N–H and O–H groups in total. The van der Waals surface area contributed by atoms with Crippen molar-refractivity contribution in [3.63, 3.8) is 0 Å². The second-order valence-corrected chi connectivity index (χ2v) is 4.51. The Morgan fingerprint density at radius 3 is 2.78 bits per heavy atom. The number of likely N-dealkylation sites (tertiary alicyclic amines) is 1. The van der Waals surface area contributed by atoms with Gasteiger partial charge in [-0.1, -0.05) is 6.92 Å². The maximum atomic E-state index is 11.8. The lowest BCUT2D eigenvalue weighted by Crippen LogP contribution is -2.46. The number of amides is 2. The van der Waals surface area contributed by atoms with Gasteiger partial charge in [-0.15, -0.1) is 12.4 Å².